The Bertz CT molecular complexity index is 802. The van der Waals surface area contributed by atoms with Crippen molar-refractivity contribution in [1.29, 1.82) is 0 Å². The van der Waals surface area contributed by atoms with E-state index in [1.54, 1.807) is 0 Å². The fourth-order valence-electron chi connectivity index (χ4n) is 3.37. The number of halogens is 3. The Morgan fingerprint density at radius 1 is 1.19 bits per heavy atom. The zero-order chi connectivity index (χ0) is 18.9. The fourth-order valence-corrected chi connectivity index (χ4v) is 3.37. The first-order valence-electron chi connectivity index (χ1n) is 8.14. The molecule has 0 spiro atoms. The lowest BCUT2D eigenvalue weighted by Crippen LogP contribution is -2.21. The number of rotatable bonds is 2. The van der Waals surface area contributed by atoms with E-state index in [1.807, 2.05) is 0 Å². The highest BCUT2D eigenvalue weighted by Gasteiger charge is 2.43. The minimum Gasteiger partial charge on any atom is -0.510 e. The Hall–Kier alpha value is -2.71. The number of aliphatic hydroxyl groups excluding tert-OH is 1. The molecule has 2 atom stereocenters. The molecule has 0 bridgehead atoms. The van der Waals surface area contributed by atoms with Gasteiger partial charge < -0.3 is 10.4 Å². The van der Waals surface area contributed by atoms with Crippen molar-refractivity contribution in [3.8, 4) is 0 Å². The summed E-state index contributed by atoms with van der Waals surface area (Å²) in [5.41, 5.74) is -1.25. The predicted molar refractivity (Wildman–Crippen MR) is 85.4 cm³/mol. The van der Waals surface area contributed by atoms with Gasteiger partial charge in [-0.2, -0.15) is 13.2 Å². The van der Waals surface area contributed by atoms with Gasteiger partial charge in [0, 0.05) is 17.5 Å². The number of nitrogens with one attached hydrogen (secondary N) is 1. The van der Waals surface area contributed by atoms with E-state index in [-0.39, 0.29) is 34.8 Å². The van der Waals surface area contributed by atoms with E-state index in [1.165, 1.54) is 6.07 Å². The Morgan fingerprint density at radius 3 is 2.54 bits per heavy atom. The summed E-state index contributed by atoms with van der Waals surface area (Å²) in [6.07, 6.45) is -1.41. The number of benzene rings is 1. The number of fused-ring (bicyclic) bond motifs is 1. The van der Waals surface area contributed by atoms with Crippen LogP contribution in [0, 0.1) is 11.8 Å². The van der Waals surface area contributed by atoms with Crippen molar-refractivity contribution in [1.82, 2.24) is 0 Å². The number of amides is 2. The van der Waals surface area contributed by atoms with Crippen LogP contribution in [0.5, 0.6) is 0 Å². The van der Waals surface area contributed by atoms with E-state index < -0.39 is 17.8 Å². The van der Waals surface area contributed by atoms with E-state index in [0.717, 1.165) is 31.0 Å². The molecule has 0 heterocycles. The molecule has 3 rings (SSSR count). The van der Waals surface area contributed by atoms with Crippen LogP contribution in [0.25, 0.3) is 0 Å². The van der Waals surface area contributed by atoms with Crippen molar-refractivity contribution in [3.63, 3.8) is 0 Å². The molecule has 2 amide bonds. The molecule has 0 aliphatic heterocycles. The van der Waals surface area contributed by atoms with Gasteiger partial charge in [0.05, 0.1) is 5.56 Å². The lowest BCUT2D eigenvalue weighted by atomic mass is 9.80. The molecule has 138 valence electrons. The number of Topliss-reactive ketones (excluding diaryl/α,β-unsaturated/α-hetero) is 1. The van der Waals surface area contributed by atoms with Crippen molar-refractivity contribution in [2.75, 3.05) is 5.32 Å². The number of ketones is 1. The highest BCUT2D eigenvalue weighted by atomic mass is 19.4. The van der Waals surface area contributed by atoms with Gasteiger partial charge in [-0.05, 0) is 31.0 Å². The average Bonchev–Trinajstić information content (AvgIpc) is 2.84. The zero-order valence-corrected chi connectivity index (χ0v) is 13.6. The molecule has 0 aromatic heterocycles. The van der Waals surface area contributed by atoms with Gasteiger partial charge in [0.2, 0.25) is 0 Å². The standard InChI is InChI=1S/C17H16F3N3O3/c18-17(19,20)9-4-3-5-10(8-9)21-16(26)23-22-13-14(24)11-6-1-2-7-12(11)15(13)25/h3-5,8,11-12,24H,1-2,6-7H2,(H,21,26). The van der Waals surface area contributed by atoms with Crippen molar-refractivity contribution in [3.05, 3.63) is 41.3 Å². The molecular formula is C17H16F3N3O3. The van der Waals surface area contributed by atoms with Crippen LogP contribution < -0.4 is 5.32 Å². The quantitative estimate of drug-likeness (QED) is 0.732. The number of carbonyl (C=O) groups is 2. The fraction of sp³-hybridized carbons (Fsp3) is 0.412. The Balaban J connectivity index is 1.70. The SMILES string of the molecule is O=C(N=NC1=C(O)C2CCCCC2C1=O)Nc1cccc(C(F)(F)F)c1. The van der Waals surface area contributed by atoms with Crippen LogP contribution in [0.15, 0.2) is 46.0 Å². The monoisotopic (exact) mass is 367 g/mol. The van der Waals surface area contributed by atoms with Gasteiger partial charge >= 0.3 is 12.2 Å². The first-order chi connectivity index (χ1) is 12.3. The average molecular weight is 367 g/mol. The maximum atomic E-state index is 12.7. The minimum atomic E-state index is -4.54. The number of carbonyl (C=O) groups excluding carboxylic acids is 2. The van der Waals surface area contributed by atoms with Gasteiger partial charge in [-0.15, -0.1) is 5.11 Å². The molecule has 2 aliphatic rings. The van der Waals surface area contributed by atoms with Gasteiger partial charge in [-0.1, -0.05) is 24.0 Å². The summed E-state index contributed by atoms with van der Waals surface area (Å²) in [7, 11) is 0. The molecule has 2 N–H and O–H groups in total. The molecule has 6 nitrogen and oxygen atoms in total. The lowest BCUT2D eigenvalue weighted by Gasteiger charge is -2.23. The van der Waals surface area contributed by atoms with Crippen LogP contribution in [0.1, 0.15) is 31.2 Å². The predicted octanol–water partition coefficient (Wildman–Crippen LogP) is 4.85. The molecule has 9 heteroatoms. The van der Waals surface area contributed by atoms with E-state index in [4.69, 9.17) is 0 Å². The molecule has 2 aliphatic carbocycles. The van der Waals surface area contributed by atoms with Crippen LogP contribution in [0.2, 0.25) is 0 Å². The Morgan fingerprint density at radius 2 is 1.88 bits per heavy atom. The number of anilines is 1. The van der Waals surface area contributed by atoms with Gasteiger partial charge in [0.25, 0.3) is 0 Å². The van der Waals surface area contributed by atoms with E-state index in [0.29, 0.717) is 12.8 Å². The minimum absolute atomic E-state index is 0.103. The summed E-state index contributed by atoms with van der Waals surface area (Å²) in [6, 6.07) is 3.02. The number of aliphatic hydroxyl groups is 1. The van der Waals surface area contributed by atoms with E-state index >= 15 is 0 Å². The van der Waals surface area contributed by atoms with Crippen LogP contribution in [-0.2, 0) is 11.0 Å². The van der Waals surface area contributed by atoms with Crippen LogP contribution in [-0.4, -0.2) is 16.9 Å². The number of allylic oxidation sites excluding steroid dienone is 2. The summed E-state index contributed by atoms with van der Waals surface area (Å²) in [5, 5.41) is 19.1. The highest BCUT2D eigenvalue weighted by molar-refractivity contribution is 6.00. The smallest absolute Gasteiger partial charge is 0.416 e. The number of hydrogen-bond donors (Lipinski definition) is 2. The van der Waals surface area contributed by atoms with Crippen molar-refractivity contribution in [2.24, 2.45) is 22.1 Å². The summed E-state index contributed by atoms with van der Waals surface area (Å²) < 4.78 is 38.0. The lowest BCUT2D eigenvalue weighted by molar-refractivity contribution is -0.137. The first-order valence-corrected chi connectivity index (χ1v) is 8.14. The molecule has 2 unspecified atom stereocenters. The third-order valence-corrected chi connectivity index (χ3v) is 4.61. The Kier molecular flexibility index (Phi) is 4.80. The van der Waals surface area contributed by atoms with Gasteiger partial charge in [-0.25, -0.2) is 4.79 Å². The molecule has 0 radical (unpaired) electrons. The molecular weight excluding hydrogens is 351 g/mol. The number of hydrogen-bond acceptors (Lipinski definition) is 4. The normalized spacial score (nSPS) is 23.4. The maximum Gasteiger partial charge on any atom is 0.416 e. The van der Waals surface area contributed by atoms with E-state index in [2.05, 4.69) is 15.5 Å². The number of nitrogens with zero attached hydrogens (tertiary/aromatic N) is 2. The van der Waals surface area contributed by atoms with Crippen LogP contribution >= 0.6 is 0 Å². The molecule has 1 saturated carbocycles. The molecule has 1 fully saturated rings. The second kappa shape index (κ2) is 6.89. The second-order valence-corrected chi connectivity index (χ2v) is 6.30. The number of urea groups is 1. The summed E-state index contributed by atoms with van der Waals surface area (Å²) >= 11 is 0. The van der Waals surface area contributed by atoms with Crippen LogP contribution in [0.4, 0.5) is 23.7 Å². The number of azo groups is 1. The highest BCUT2D eigenvalue weighted by Crippen LogP contribution is 2.42. The molecule has 1 aromatic carbocycles. The van der Waals surface area contributed by atoms with Gasteiger partial charge in [0.1, 0.15) is 5.76 Å². The van der Waals surface area contributed by atoms with Gasteiger partial charge in [0.15, 0.2) is 11.5 Å². The molecule has 26 heavy (non-hydrogen) atoms. The van der Waals surface area contributed by atoms with E-state index in [9.17, 15) is 27.9 Å². The molecule has 0 saturated heterocycles. The summed E-state index contributed by atoms with van der Waals surface area (Å²) in [5.74, 6) is -1.11. The zero-order valence-electron chi connectivity index (χ0n) is 13.6. The maximum absolute atomic E-state index is 12.7. The van der Waals surface area contributed by atoms with Crippen molar-refractivity contribution < 1.29 is 27.9 Å². The number of alkyl halides is 3. The Labute approximate surface area is 146 Å². The first kappa shape index (κ1) is 18.1. The van der Waals surface area contributed by atoms with Crippen molar-refractivity contribution in [2.45, 2.75) is 31.9 Å². The third kappa shape index (κ3) is 3.61. The summed E-state index contributed by atoms with van der Waals surface area (Å²) in [6.45, 7) is 0. The summed E-state index contributed by atoms with van der Waals surface area (Å²) in [4.78, 5) is 24.0. The largest absolute Gasteiger partial charge is 0.510 e. The third-order valence-electron chi connectivity index (χ3n) is 4.61. The van der Waals surface area contributed by atoms with Crippen LogP contribution in [0.3, 0.4) is 0 Å². The van der Waals surface area contributed by atoms with Gasteiger partial charge in [-0.3, -0.25) is 4.79 Å². The van der Waals surface area contributed by atoms with Crippen molar-refractivity contribution >= 4 is 17.5 Å². The topological polar surface area (TPSA) is 91.1 Å². The molecule has 1 aromatic rings. The second-order valence-electron chi connectivity index (χ2n) is 6.30.